The summed E-state index contributed by atoms with van der Waals surface area (Å²) in [6, 6.07) is 11.3. The Balaban J connectivity index is 1.28. The molecule has 1 atom stereocenters. The average Bonchev–Trinajstić information content (AvgIpc) is 3.39. The van der Waals surface area contributed by atoms with E-state index in [4.69, 9.17) is 0 Å². The maximum absolute atomic E-state index is 13.0. The van der Waals surface area contributed by atoms with Crippen molar-refractivity contribution >= 4 is 34.8 Å². The minimum atomic E-state index is -0.469. The van der Waals surface area contributed by atoms with Crippen LogP contribution in [0.3, 0.4) is 0 Å². The Bertz CT molecular complexity index is 1030. The van der Waals surface area contributed by atoms with Crippen molar-refractivity contribution in [2.75, 3.05) is 28.2 Å². The molecule has 1 saturated carbocycles. The second kappa shape index (κ2) is 7.23. The number of rotatable bonds is 4. The highest BCUT2D eigenvalue weighted by molar-refractivity contribution is 6.04. The lowest BCUT2D eigenvalue weighted by molar-refractivity contribution is -0.122. The summed E-state index contributed by atoms with van der Waals surface area (Å²) in [5, 5.41) is 2.75. The van der Waals surface area contributed by atoms with Gasteiger partial charge in [0.1, 0.15) is 5.82 Å². The molecule has 2 fully saturated rings. The van der Waals surface area contributed by atoms with Crippen LogP contribution in [-0.2, 0) is 20.8 Å². The predicted octanol–water partition coefficient (Wildman–Crippen LogP) is 3.12. The number of hydrogen-bond donors (Lipinski definition) is 1. The molecular weight excluding hydrogens is 385 g/mol. The van der Waals surface area contributed by atoms with Gasteiger partial charge in [-0.25, -0.2) is 4.39 Å². The molecule has 0 spiro atoms. The summed E-state index contributed by atoms with van der Waals surface area (Å²) in [4.78, 5) is 41.1. The lowest BCUT2D eigenvalue weighted by Gasteiger charge is -2.20. The molecule has 2 aromatic rings. The van der Waals surface area contributed by atoms with Crippen LogP contribution in [-0.4, -0.2) is 30.8 Å². The Morgan fingerprint density at radius 2 is 1.80 bits per heavy atom. The molecule has 1 aliphatic carbocycles. The summed E-state index contributed by atoms with van der Waals surface area (Å²) >= 11 is 0. The Kier molecular flexibility index (Phi) is 4.53. The van der Waals surface area contributed by atoms with Gasteiger partial charge in [-0.1, -0.05) is 0 Å². The van der Waals surface area contributed by atoms with Crippen molar-refractivity contribution in [2.45, 2.75) is 25.7 Å². The zero-order chi connectivity index (χ0) is 20.8. The predicted molar refractivity (Wildman–Crippen MR) is 111 cm³/mol. The number of amides is 3. The molecule has 30 heavy (non-hydrogen) atoms. The van der Waals surface area contributed by atoms with Crippen molar-refractivity contribution in [3.63, 3.8) is 0 Å². The molecule has 3 amide bonds. The highest BCUT2D eigenvalue weighted by Gasteiger charge is 2.38. The van der Waals surface area contributed by atoms with Crippen molar-refractivity contribution < 1.29 is 18.8 Å². The van der Waals surface area contributed by atoms with Gasteiger partial charge >= 0.3 is 0 Å². The van der Waals surface area contributed by atoms with Crippen LogP contribution in [0.4, 0.5) is 21.5 Å². The molecule has 0 aromatic heterocycles. The van der Waals surface area contributed by atoms with E-state index >= 15 is 0 Å². The van der Waals surface area contributed by atoms with E-state index in [1.807, 2.05) is 23.1 Å². The number of fused-ring (bicyclic) bond motifs is 1. The quantitative estimate of drug-likeness (QED) is 0.847. The molecule has 5 rings (SSSR count). The number of benzene rings is 2. The molecule has 0 bridgehead atoms. The van der Waals surface area contributed by atoms with E-state index in [1.54, 1.807) is 4.90 Å². The number of carbonyl (C=O) groups is 3. The third kappa shape index (κ3) is 3.44. The molecule has 2 aliphatic heterocycles. The molecule has 1 saturated heterocycles. The molecule has 2 heterocycles. The maximum atomic E-state index is 13.0. The highest BCUT2D eigenvalue weighted by atomic mass is 19.1. The Morgan fingerprint density at radius 3 is 2.53 bits per heavy atom. The van der Waals surface area contributed by atoms with E-state index in [-0.39, 0.29) is 35.9 Å². The topological polar surface area (TPSA) is 69.7 Å². The molecular formula is C23H22FN3O3. The van der Waals surface area contributed by atoms with Gasteiger partial charge in [-0.15, -0.1) is 0 Å². The second-order valence-corrected chi connectivity index (χ2v) is 8.23. The van der Waals surface area contributed by atoms with E-state index in [1.165, 1.54) is 24.3 Å². The summed E-state index contributed by atoms with van der Waals surface area (Å²) < 4.78 is 13.0. The van der Waals surface area contributed by atoms with Crippen LogP contribution in [0, 0.1) is 17.7 Å². The molecule has 0 radical (unpaired) electrons. The van der Waals surface area contributed by atoms with Gasteiger partial charge in [0.05, 0.1) is 5.92 Å². The molecule has 2 aromatic carbocycles. The summed E-state index contributed by atoms with van der Waals surface area (Å²) in [6.07, 6.45) is 2.87. The number of nitrogens with zero attached hydrogens (tertiary/aromatic N) is 2. The lowest BCUT2D eigenvalue weighted by Crippen LogP contribution is -2.30. The number of carbonyl (C=O) groups excluding carboxylic acids is 3. The number of halogens is 1. The van der Waals surface area contributed by atoms with Crippen molar-refractivity contribution in [3.8, 4) is 0 Å². The first-order valence-corrected chi connectivity index (χ1v) is 10.3. The number of hydrogen-bond acceptors (Lipinski definition) is 3. The van der Waals surface area contributed by atoms with Crippen molar-refractivity contribution in [1.82, 2.24) is 0 Å². The second-order valence-electron chi connectivity index (χ2n) is 8.23. The number of anilines is 3. The highest BCUT2D eigenvalue weighted by Crippen LogP contribution is 2.38. The maximum Gasteiger partial charge on any atom is 0.230 e. The standard InChI is InChI=1S/C23H22FN3O3/c24-17-3-5-18(6-4-17)25-22(29)16-12-21(28)27(13-16)19-7-8-20-15(11-19)9-10-26(20)23(30)14-1-2-14/h3-8,11,14,16H,1-2,9-10,12-13H2,(H,25,29). The van der Waals surface area contributed by atoms with Gasteiger partial charge < -0.3 is 15.1 Å². The zero-order valence-electron chi connectivity index (χ0n) is 16.4. The largest absolute Gasteiger partial charge is 0.326 e. The fourth-order valence-corrected chi connectivity index (χ4v) is 4.25. The summed E-state index contributed by atoms with van der Waals surface area (Å²) in [5.41, 5.74) is 3.27. The average molecular weight is 407 g/mol. The van der Waals surface area contributed by atoms with Crippen LogP contribution < -0.4 is 15.1 Å². The van der Waals surface area contributed by atoms with Crippen LogP contribution in [0.2, 0.25) is 0 Å². The summed E-state index contributed by atoms with van der Waals surface area (Å²) in [5.74, 6) is -0.807. The van der Waals surface area contributed by atoms with E-state index in [2.05, 4.69) is 5.32 Å². The van der Waals surface area contributed by atoms with Crippen LogP contribution in [0.15, 0.2) is 42.5 Å². The van der Waals surface area contributed by atoms with Gasteiger partial charge in [0.2, 0.25) is 17.7 Å². The monoisotopic (exact) mass is 407 g/mol. The lowest BCUT2D eigenvalue weighted by atomic mass is 10.1. The number of nitrogens with one attached hydrogen (secondary N) is 1. The Morgan fingerprint density at radius 1 is 1.03 bits per heavy atom. The fourth-order valence-electron chi connectivity index (χ4n) is 4.25. The van der Waals surface area contributed by atoms with E-state index < -0.39 is 5.92 Å². The molecule has 1 unspecified atom stereocenters. The van der Waals surface area contributed by atoms with Crippen molar-refractivity contribution in [2.24, 2.45) is 11.8 Å². The molecule has 6 nitrogen and oxygen atoms in total. The van der Waals surface area contributed by atoms with E-state index in [9.17, 15) is 18.8 Å². The van der Waals surface area contributed by atoms with Crippen LogP contribution in [0.25, 0.3) is 0 Å². The van der Waals surface area contributed by atoms with Gasteiger partial charge in [0, 0.05) is 42.5 Å². The Labute approximate surface area is 173 Å². The Hall–Kier alpha value is -3.22. The first kappa shape index (κ1) is 18.8. The molecule has 154 valence electrons. The van der Waals surface area contributed by atoms with Crippen LogP contribution >= 0.6 is 0 Å². The SMILES string of the molecule is O=C(Nc1ccc(F)cc1)C1CC(=O)N(c2ccc3c(c2)CCN3C(=O)C2CC2)C1. The first-order valence-electron chi connectivity index (χ1n) is 10.3. The molecule has 1 N–H and O–H groups in total. The minimum Gasteiger partial charge on any atom is -0.326 e. The van der Waals surface area contributed by atoms with E-state index in [0.29, 0.717) is 18.8 Å². The van der Waals surface area contributed by atoms with Gasteiger partial charge in [0.15, 0.2) is 0 Å². The summed E-state index contributed by atoms with van der Waals surface area (Å²) in [6.45, 7) is 0.986. The molecule has 3 aliphatic rings. The zero-order valence-corrected chi connectivity index (χ0v) is 16.4. The van der Waals surface area contributed by atoms with Crippen molar-refractivity contribution in [1.29, 1.82) is 0 Å². The van der Waals surface area contributed by atoms with Gasteiger partial charge in [0.25, 0.3) is 0 Å². The van der Waals surface area contributed by atoms with E-state index in [0.717, 1.165) is 36.2 Å². The normalized spacial score (nSPS) is 20.4. The van der Waals surface area contributed by atoms with Crippen LogP contribution in [0.5, 0.6) is 0 Å². The van der Waals surface area contributed by atoms with Gasteiger partial charge in [-0.3, -0.25) is 14.4 Å². The smallest absolute Gasteiger partial charge is 0.230 e. The summed E-state index contributed by atoms with van der Waals surface area (Å²) in [7, 11) is 0. The van der Waals surface area contributed by atoms with Crippen LogP contribution in [0.1, 0.15) is 24.8 Å². The fraction of sp³-hybridized carbons (Fsp3) is 0.348. The third-order valence-electron chi connectivity index (χ3n) is 6.07. The van der Waals surface area contributed by atoms with Gasteiger partial charge in [-0.05, 0) is 67.3 Å². The molecule has 7 heteroatoms. The van der Waals surface area contributed by atoms with Gasteiger partial charge in [-0.2, -0.15) is 0 Å². The third-order valence-corrected chi connectivity index (χ3v) is 6.07. The minimum absolute atomic E-state index is 0.0990. The van der Waals surface area contributed by atoms with Crippen molar-refractivity contribution in [3.05, 3.63) is 53.8 Å². The first-order chi connectivity index (χ1) is 14.5.